The van der Waals surface area contributed by atoms with E-state index in [1.807, 2.05) is 0 Å². The van der Waals surface area contributed by atoms with Gasteiger partial charge < -0.3 is 5.32 Å². The van der Waals surface area contributed by atoms with E-state index >= 15 is 0 Å². The largest absolute Gasteiger partial charge is 0.315 e. The van der Waals surface area contributed by atoms with Crippen LogP contribution in [0.2, 0.25) is 0 Å². The van der Waals surface area contributed by atoms with Crippen LogP contribution in [-0.4, -0.2) is 42.1 Å². The molecule has 20 heavy (non-hydrogen) atoms. The van der Waals surface area contributed by atoms with Gasteiger partial charge in [-0.05, 0) is 18.0 Å². The first kappa shape index (κ1) is 15.9. The number of rotatable bonds is 6. The fraction of sp³-hybridized carbons (Fsp3) is 0.647. The van der Waals surface area contributed by atoms with Gasteiger partial charge in [-0.2, -0.15) is 11.8 Å². The van der Waals surface area contributed by atoms with Gasteiger partial charge in [-0.1, -0.05) is 51.1 Å². The van der Waals surface area contributed by atoms with E-state index in [4.69, 9.17) is 0 Å². The molecule has 2 atom stereocenters. The Hall–Kier alpha value is -0.510. The topological polar surface area (TPSA) is 15.3 Å². The van der Waals surface area contributed by atoms with Crippen molar-refractivity contribution in [2.45, 2.75) is 32.1 Å². The Morgan fingerprint density at radius 3 is 2.65 bits per heavy atom. The Bertz CT molecular complexity index is 380. The second-order valence-corrected chi connectivity index (χ2v) is 7.70. The first-order valence-electron chi connectivity index (χ1n) is 7.78. The van der Waals surface area contributed by atoms with Gasteiger partial charge in [0.15, 0.2) is 0 Å². The van der Waals surface area contributed by atoms with Crippen LogP contribution in [0, 0.1) is 5.92 Å². The second-order valence-electron chi connectivity index (χ2n) is 6.15. The average Bonchev–Trinajstić information content (AvgIpc) is 2.44. The lowest BCUT2D eigenvalue weighted by Gasteiger charge is -2.37. The lowest BCUT2D eigenvalue weighted by Crippen LogP contribution is -2.43. The lowest BCUT2D eigenvalue weighted by molar-refractivity contribution is 0.200. The third-order valence-corrected chi connectivity index (χ3v) is 4.92. The smallest absolute Gasteiger partial charge is 0.0473 e. The Morgan fingerprint density at radius 1 is 1.25 bits per heavy atom. The fourth-order valence-corrected chi connectivity index (χ4v) is 3.81. The molecule has 1 aromatic rings. The molecule has 3 heteroatoms. The molecule has 2 rings (SSSR count). The van der Waals surface area contributed by atoms with Gasteiger partial charge in [-0.15, -0.1) is 0 Å². The minimum atomic E-state index is 0.512. The van der Waals surface area contributed by atoms with Gasteiger partial charge in [0.1, 0.15) is 0 Å². The fourth-order valence-electron chi connectivity index (χ4n) is 2.77. The van der Waals surface area contributed by atoms with E-state index < -0.39 is 0 Å². The Balaban J connectivity index is 2.03. The maximum absolute atomic E-state index is 3.65. The van der Waals surface area contributed by atoms with Crippen molar-refractivity contribution in [3.05, 3.63) is 35.9 Å². The molecule has 1 heterocycles. The highest BCUT2D eigenvalue weighted by Gasteiger charge is 2.25. The molecule has 0 bridgehead atoms. The zero-order chi connectivity index (χ0) is 14.4. The van der Waals surface area contributed by atoms with Crippen molar-refractivity contribution in [2.75, 3.05) is 31.9 Å². The Kier molecular flexibility index (Phi) is 6.40. The van der Waals surface area contributed by atoms with Gasteiger partial charge in [0.2, 0.25) is 0 Å². The predicted octanol–water partition coefficient (Wildman–Crippen LogP) is 3.41. The first-order valence-corrected chi connectivity index (χ1v) is 8.83. The minimum Gasteiger partial charge on any atom is -0.315 e. The standard InChI is InChI=1S/C17H28N2S/c1-14(2)11-18-12-17(16-7-5-4-6-8-16)19-9-10-20-15(3)13-19/h4-8,14-15,17-18H,9-13H2,1-3H3. The highest BCUT2D eigenvalue weighted by atomic mass is 32.2. The van der Waals surface area contributed by atoms with E-state index in [1.165, 1.54) is 24.4 Å². The summed E-state index contributed by atoms with van der Waals surface area (Å²) in [6.07, 6.45) is 0. The van der Waals surface area contributed by atoms with Gasteiger partial charge in [0, 0.05) is 36.7 Å². The van der Waals surface area contributed by atoms with Gasteiger partial charge in [0.05, 0.1) is 0 Å². The van der Waals surface area contributed by atoms with Crippen LogP contribution < -0.4 is 5.32 Å². The summed E-state index contributed by atoms with van der Waals surface area (Å²) in [5.41, 5.74) is 1.45. The van der Waals surface area contributed by atoms with Crippen LogP contribution in [0.1, 0.15) is 32.4 Å². The van der Waals surface area contributed by atoms with Crippen molar-refractivity contribution in [1.29, 1.82) is 0 Å². The molecule has 0 spiro atoms. The van der Waals surface area contributed by atoms with Crippen molar-refractivity contribution in [1.82, 2.24) is 10.2 Å². The van der Waals surface area contributed by atoms with E-state index in [2.05, 4.69) is 73.1 Å². The Morgan fingerprint density at radius 2 is 2.00 bits per heavy atom. The minimum absolute atomic E-state index is 0.512. The predicted molar refractivity (Wildman–Crippen MR) is 90.4 cm³/mol. The van der Waals surface area contributed by atoms with Crippen LogP contribution in [0.3, 0.4) is 0 Å². The summed E-state index contributed by atoms with van der Waals surface area (Å²) in [5.74, 6) is 1.97. The number of nitrogens with one attached hydrogen (secondary N) is 1. The maximum Gasteiger partial charge on any atom is 0.0473 e. The second kappa shape index (κ2) is 8.06. The molecule has 112 valence electrons. The number of thioether (sulfide) groups is 1. The monoisotopic (exact) mass is 292 g/mol. The first-order chi connectivity index (χ1) is 9.66. The molecule has 0 saturated carbocycles. The zero-order valence-electron chi connectivity index (χ0n) is 13.0. The molecule has 0 amide bonds. The summed E-state index contributed by atoms with van der Waals surface area (Å²) in [7, 11) is 0. The third-order valence-electron chi connectivity index (χ3n) is 3.79. The van der Waals surface area contributed by atoms with Crippen molar-refractivity contribution < 1.29 is 0 Å². The van der Waals surface area contributed by atoms with Gasteiger partial charge in [0.25, 0.3) is 0 Å². The molecule has 1 fully saturated rings. The van der Waals surface area contributed by atoms with Crippen LogP contribution >= 0.6 is 11.8 Å². The maximum atomic E-state index is 3.65. The van der Waals surface area contributed by atoms with E-state index in [1.54, 1.807) is 0 Å². The van der Waals surface area contributed by atoms with Gasteiger partial charge in [-0.3, -0.25) is 4.90 Å². The highest BCUT2D eigenvalue weighted by molar-refractivity contribution is 7.99. The number of nitrogens with zero attached hydrogens (tertiary/aromatic N) is 1. The van der Waals surface area contributed by atoms with Crippen LogP contribution in [0.5, 0.6) is 0 Å². The van der Waals surface area contributed by atoms with E-state index in [-0.39, 0.29) is 0 Å². The molecule has 1 saturated heterocycles. The molecule has 1 aromatic carbocycles. The summed E-state index contributed by atoms with van der Waals surface area (Å²) in [4.78, 5) is 2.66. The molecular weight excluding hydrogens is 264 g/mol. The van der Waals surface area contributed by atoms with Crippen LogP contribution in [-0.2, 0) is 0 Å². The zero-order valence-corrected chi connectivity index (χ0v) is 13.8. The van der Waals surface area contributed by atoms with Gasteiger partial charge >= 0.3 is 0 Å². The molecule has 0 radical (unpaired) electrons. The van der Waals surface area contributed by atoms with Crippen LogP contribution in [0.25, 0.3) is 0 Å². The highest BCUT2D eigenvalue weighted by Crippen LogP contribution is 2.26. The number of hydrogen-bond donors (Lipinski definition) is 1. The van der Waals surface area contributed by atoms with E-state index in [0.29, 0.717) is 12.0 Å². The molecule has 1 aliphatic rings. The van der Waals surface area contributed by atoms with Crippen molar-refractivity contribution in [3.8, 4) is 0 Å². The van der Waals surface area contributed by atoms with E-state index in [0.717, 1.165) is 18.3 Å². The Labute approximate surface area is 128 Å². The molecule has 0 aliphatic carbocycles. The lowest BCUT2D eigenvalue weighted by atomic mass is 10.0. The molecule has 1 aliphatic heterocycles. The number of hydrogen-bond acceptors (Lipinski definition) is 3. The average molecular weight is 292 g/mol. The van der Waals surface area contributed by atoms with Crippen LogP contribution in [0.4, 0.5) is 0 Å². The molecular formula is C17H28N2S. The van der Waals surface area contributed by atoms with Gasteiger partial charge in [-0.25, -0.2) is 0 Å². The summed E-state index contributed by atoms with van der Waals surface area (Å²) in [6, 6.07) is 11.5. The quantitative estimate of drug-likeness (QED) is 0.865. The van der Waals surface area contributed by atoms with Crippen molar-refractivity contribution >= 4 is 11.8 Å². The summed E-state index contributed by atoms with van der Waals surface area (Å²) < 4.78 is 0. The summed E-state index contributed by atoms with van der Waals surface area (Å²) >= 11 is 2.10. The summed E-state index contributed by atoms with van der Waals surface area (Å²) in [6.45, 7) is 11.4. The molecule has 2 unspecified atom stereocenters. The molecule has 0 aromatic heterocycles. The van der Waals surface area contributed by atoms with Crippen molar-refractivity contribution in [2.24, 2.45) is 5.92 Å². The third kappa shape index (κ3) is 4.80. The van der Waals surface area contributed by atoms with Crippen molar-refractivity contribution in [3.63, 3.8) is 0 Å². The summed E-state index contributed by atoms with van der Waals surface area (Å²) in [5, 5.41) is 4.40. The van der Waals surface area contributed by atoms with Crippen LogP contribution in [0.15, 0.2) is 30.3 Å². The number of benzene rings is 1. The normalized spacial score (nSPS) is 22.1. The molecule has 2 nitrogen and oxygen atoms in total. The molecule has 1 N–H and O–H groups in total. The van der Waals surface area contributed by atoms with E-state index in [9.17, 15) is 0 Å². The SMILES string of the molecule is CC(C)CNCC(c1ccccc1)N1CCSC(C)C1.